The topological polar surface area (TPSA) is 87.6 Å². The van der Waals surface area contributed by atoms with Crippen LogP contribution in [0.15, 0.2) is 11.4 Å². The van der Waals surface area contributed by atoms with E-state index in [4.69, 9.17) is 10.9 Å². The SMILES string of the molecule is CCc1ncc(/C(N)=N\O)c(N(C)C)n1. The monoisotopic (exact) mass is 209 g/mol. The second-order valence-electron chi connectivity index (χ2n) is 3.26. The van der Waals surface area contributed by atoms with Crippen LogP contribution in [0, 0.1) is 0 Å². The van der Waals surface area contributed by atoms with Gasteiger partial charge in [-0.15, -0.1) is 0 Å². The molecule has 1 rings (SSSR count). The van der Waals surface area contributed by atoms with E-state index < -0.39 is 0 Å². The molecule has 0 radical (unpaired) electrons. The van der Waals surface area contributed by atoms with Crippen LogP contribution in [0.3, 0.4) is 0 Å². The first-order valence-electron chi connectivity index (χ1n) is 4.61. The van der Waals surface area contributed by atoms with Gasteiger partial charge in [0.2, 0.25) is 0 Å². The molecule has 1 aromatic heterocycles. The van der Waals surface area contributed by atoms with Gasteiger partial charge in [0, 0.05) is 26.7 Å². The zero-order valence-corrected chi connectivity index (χ0v) is 9.10. The number of aryl methyl sites for hydroxylation is 1. The van der Waals surface area contributed by atoms with E-state index in [1.54, 1.807) is 11.1 Å². The molecule has 0 fully saturated rings. The summed E-state index contributed by atoms with van der Waals surface area (Å²) in [6.07, 6.45) is 2.31. The zero-order valence-electron chi connectivity index (χ0n) is 9.10. The molecule has 6 nitrogen and oxygen atoms in total. The van der Waals surface area contributed by atoms with Crippen molar-refractivity contribution in [2.45, 2.75) is 13.3 Å². The van der Waals surface area contributed by atoms with Crippen molar-refractivity contribution in [3.8, 4) is 0 Å². The fraction of sp³-hybridized carbons (Fsp3) is 0.444. The standard InChI is InChI=1S/C9H15N5O/c1-4-7-11-5-6(8(10)13-15)9(12-7)14(2)3/h5,15H,4H2,1-3H3,(H2,10,13). The summed E-state index contributed by atoms with van der Waals surface area (Å²) in [7, 11) is 3.69. The number of aromatic nitrogens is 2. The Labute approximate surface area is 88.4 Å². The molecule has 0 amide bonds. The van der Waals surface area contributed by atoms with Gasteiger partial charge in [0.25, 0.3) is 0 Å². The fourth-order valence-electron chi connectivity index (χ4n) is 1.15. The lowest BCUT2D eigenvalue weighted by molar-refractivity contribution is 0.318. The maximum Gasteiger partial charge on any atom is 0.175 e. The molecule has 0 spiro atoms. The summed E-state index contributed by atoms with van der Waals surface area (Å²) in [4.78, 5) is 10.2. The van der Waals surface area contributed by atoms with Crippen LogP contribution in [0.1, 0.15) is 18.3 Å². The molecule has 0 aliphatic rings. The van der Waals surface area contributed by atoms with E-state index in [9.17, 15) is 0 Å². The molecule has 0 aliphatic carbocycles. The van der Waals surface area contributed by atoms with Gasteiger partial charge in [-0.05, 0) is 0 Å². The predicted octanol–water partition coefficient (Wildman–Crippen LogP) is 0.199. The van der Waals surface area contributed by atoms with Gasteiger partial charge >= 0.3 is 0 Å². The lowest BCUT2D eigenvalue weighted by Crippen LogP contribution is -2.22. The van der Waals surface area contributed by atoms with Crippen LogP contribution < -0.4 is 10.6 Å². The van der Waals surface area contributed by atoms with Crippen LogP contribution in [-0.2, 0) is 6.42 Å². The molecule has 1 aromatic rings. The first-order valence-corrected chi connectivity index (χ1v) is 4.61. The van der Waals surface area contributed by atoms with E-state index in [2.05, 4.69) is 15.1 Å². The first kappa shape index (κ1) is 11.2. The number of rotatable bonds is 3. The Morgan fingerprint density at radius 2 is 2.27 bits per heavy atom. The quantitative estimate of drug-likeness (QED) is 0.321. The number of amidine groups is 1. The highest BCUT2D eigenvalue weighted by Gasteiger charge is 2.11. The van der Waals surface area contributed by atoms with E-state index in [0.717, 1.165) is 12.2 Å². The predicted molar refractivity (Wildman–Crippen MR) is 58.2 cm³/mol. The highest BCUT2D eigenvalue weighted by atomic mass is 16.4. The van der Waals surface area contributed by atoms with E-state index in [0.29, 0.717) is 11.4 Å². The highest BCUT2D eigenvalue weighted by molar-refractivity contribution is 6.01. The van der Waals surface area contributed by atoms with Crippen molar-refractivity contribution in [2.24, 2.45) is 10.9 Å². The minimum absolute atomic E-state index is 0.0151. The molecule has 1 heterocycles. The van der Waals surface area contributed by atoms with Gasteiger partial charge in [-0.1, -0.05) is 12.1 Å². The zero-order chi connectivity index (χ0) is 11.4. The van der Waals surface area contributed by atoms with Crippen LogP contribution in [0.25, 0.3) is 0 Å². The number of oxime groups is 1. The molecular formula is C9H15N5O. The lowest BCUT2D eigenvalue weighted by atomic mass is 10.2. The van der Waals surface area contributed by atoms with Gasteiger partial charge in [0.05, 0.1) is 5.56 Å². The van der Waals surface area contributed by atoms with Crippen molar-refractivity contribution in [1.82, 2.24) is 9.97 Å². The van der Waals surface area contributed by atoms with Crippen LogP contribution in [-0.4, -0.2) is 35.1 Å². The van der Waals surface area contributed by atoms with Crippen LogP contribution in [0.2, 0.25) is 0 Å². The Hall–Kier alpha value is -1.85. The van der Waals surface area contributed by atoms with Gasteiger partial charge in [-0.3, -0.25) is 0 Å². The molecule has 0 aromatic carbocycles. The van der Waals surface area contributed by atoms with Crippen LogP contribution >= 0.6 is 0 Å². The van der Waals surface area contributed by atoms with Crippen molar-refractivity contribution < 1.29 is 5.21 Å². The normalized spacial score (nSPS) is 11.5. The van der Waals surface area contributed by atoms with Crippen molar-refractivity contribution >= 4 is 11.7 Å². The molecule has 3 N–H and O–H groups in total. The summed E-state index contributed by atoms with van der Waals surface area (Å²) in [5.41, 5.74) is 6.05. The molecule has 0 saturated heterocycles. The Kier molecular flexibility index (Phi) is 3.43. The molecular weight excluding hydrogens is 194 g/mol. The lowest BCUT2D eigenvalue weighted by Gasteiger charge is -2.15. The van der Waals surface area contributed by atoms with Gasteiger partial charge in [-0.25, -0.2) is 9.97 Å². The number of hydrogen-bond donors (Lipinski definition) is 2. The van der Waals surface area contributed by atoms with Crippen molar-refractivity contribution in [3.05, 3.63) is 17.6 Å². The van der Waals surface area contributed by atoms with E-state index in [1.807, 2.05) is 21.0 Å². The Balaban J connectivity index is 3.27. The van der Waals surface area contributed by atoms with Crippen LogP contribution in [0.5, 0.6) is 0 Å². The summed E-state index contributed by atoms with van der Waals surface area (Å²) in [5.74, 6) is 1.40. The third-order valence-electron chi connectivity index (χ3n) is 1.94. The van der Waals surface area contributed by atoms with E-state index in [1.165, 1.54) is 0 Å². The Bertz CT molecular complexity index is 375. The molecule has 0 atom stereocenters. The Morgan fingerprint density at radius 3 is 2.73 bits per heavy atom. The molecule has 0 bridgehead atoms. The second kappa shape index (κ2) is 4.59. The summed E-state index contributed by atoms with van der Waals surface area (Å²) < 4.78 is 0. The summed E-state index contributed by atoms with van der Waals surface area (Å²) in [6.45, 7) is 1.97. The number of hydrogen-bond acceptors (Lipinski definition) is 5. The molecule has 0 saturated carbocycles. The van der Waals surface area contributed by atoms with Crippen molar-refractivity contribution in [3.63, 3.8) is 0 Å². The number of anilines is 1. The Morgan fingerprint density at radius 1 is 1.60 bits per heavy atom. The average molecular weight is 209 g/mol. The van der Waals surface area contributed by atoms with Crippen molar-refractivity contribution in [1.29, 1.82) is 0 Å². The average Bonchev–Trinajstić information content (AvgIpc) is 2.27. The number of nitrogens with zero attached hydrogens (tertiary/aromatic N) is 4. The third kappa shape index (κ3) is 2.34. The van der Waals surface area contributed by atoms with E-state index >= 15 is 0 Å². The van der Waals surface area contributed by atoms with Gasteiger partial charge in [0.1, 0.15) is 11.6 Å². The van der Waals surface area contributed by atoms with Crippen molar-refractivity contribution in [2.75, 3.05) is 19.0 Å². The van der Waals surface area contributed by atoms with Gasteiger partial charge in [-0.2, -0.15) is 0 Å². The largest absolute Gasteiger partial charge is 0.409 e. The number of nitrogens with two attached hydrogens (primary N) is 1. The minimum atomic E-state index is 0.0151. The smallest absolute Gasteiger partial charge is 0.175 e. The molecule has 82 valence electrons. The second-order valence-corrected chi connectivity index (χ2v) is 3.26. The van der Waals surface area contributed by atoms with E-state index in [-0.39, 0.29) is 5.84 Å². The summed E-state index contributed by atoms with van der Waals surface area (Å²) in [5, 5.41) is 11.6. The van der Waals surface area contributed by atoms with Gasteiger partial charge < -0.3 is 15.8 Å². The summed E-state index contributed by atoms with van der Waals surface area (Å²) >= 11 is 0. The first-order chi connectivity index (χ1) is 7.10. The molecule has 0 aliphatic heterocycles. The molecule has 0 unspecified atom stereocenters. The third-order valence-corrected chi connectivity index (χ3v) is 1.94. The molecule has 15 heavy (non-hydrogen) atoms. The van der Waals surface area contributed by atoms with Gasteiger partial charge in [0.15, 0.2) is 5.84 Å². The van der Waals surface area contributed by atoms with Crippen LogP contribution in [0.4, 0.5) is 5.82 Å². The molecule has 6 heteroatoms. The summed E-state index contributed by atoms with van der Waals surface area (Å²) in [6, 6.07) is 0. The fourth-order valence-corrected chi connectivity index (χ4v) is 1.15. The highest BCUT2D eigenvalue weighted by Crippen LogP contribution is 2.14. The maximum atomic E-state index is 8.61. The maximum absolute atomic E-state index is 8.61. The minimum Gasteiger partial charge on any atom is -0.409 e.